The Hall–Kier alpha value is -3.22. The van der Waals surface area contributed by atoms with Crippen LogP contribution in [0.3, 0.4) is 0 Å². The quantitative estimate of drug-likeness (QED) is 0.425. The molecule has 2 aromatic rings. The third kappa shape index (κ3) is 6.13. The van der Waals surface area contributed by atoms with Crippen LogP contribution >= 0.6 is 0 Å². The Morgan fingerprint density at radius 3 is 2.65 bits per heavy atom. The van der Waals surface area contributed by atoms with Gasteiger partial charge in [-0.2, -0.15) is 0 Å². The number of hydrogen-bond donors (Lipinski definition) is 3. The smallest absolute Gasteiger partial charge is 0.225 e. The van der Waals surface area contributed by atoms with Gasteiger partial charge in [0.05, 0.1) is 13.2 Å². The van der Waals surface area contributed by atoms with Crippen molar-refractivity contribution in [3.8, 4) is 11.5 Å². The minimum Gasteiger partial charge on any atom is -0.490 e. The van der Waals surface area contributed by atoms with Gasteiger partial charge in [0.1, 0.15) is 0 Å². The van der Waals surface area contributed by atoms with E-state index in [2.05, 4.69) is 33.1 Å². The normalized spacial score (nSPS) is 15.6. The van der Waals surface area contributed by atoms with E-state index in [9.17, 15) is 4.79 Å². The standard InChI is InChI=1S/C24H32N4O3/c1-4-30-21-11-10-17(14-22(21)31-5-2)12-13-26-24(25-3)27-16-18-15-23(29)28-20-9-7-6-8-19(18)20/h6-11,14,18H,4-5,12-13,15-16H2,1-3H3,(H,28,29)(H2,25,26,27). The molecule has 1 atom stereocenters. The predicted molar refractivity (Wildman–Crippen MR) is 124 cm³/mol. The third-order valence-electron chi connectivity index (χ3n) is 5.16. The molecular weight excluding hydrogens is 392 g/mol. The van der Waals surface area contributed by atoms with Crippen molar-refractivity contribution in [2.75, 3.05) is 38.7 Å². The molecule has 7 nitrogen and oxygen atoms in total. The summed E-state index contributed by atoms with van der Waals surface area (Å²) in [6.07, 6.45) is 1.29. The lowest BCUT2D eigenvalue weighted by Crippen LogP contribution is -2.41. The summed E-state index contributed by atoms with van der Waals surface area (Å²) in [5.41, 5.74) is 3.21. The Kier molecular flexibility index (Phi) is 8.15. The van der Waals surface area contributed by atoms with Crippen LogP contribution in [-0.4, -0.2) is 45.2 Å². The number of aliphatic imine (C=N–C) groups is 1. The molecule has 1 unspecified atom stereocenters. The molecular formula is C24H32N4O3. The van der Waals surface area contributed by atoms with E-state index >= 15 is 0 Å². The van der Waals surface area contributed by atoms with Gasteiger partial charge in [0.25, 0.3) is 0 Å². The Morgan fingerprint density at radius 2 is 1.87 bits per heavy atom. The van der Waals surface area contributed by atoms with Gasteiger partial charge in [0.2, 0.25) is 5.91 Å². The first-order valence-electron chi connectivity index (χ1n) is 10.9. The van der Waals surface area contributed by atoms with Crippen molar-refractivity contribution in [1.82, 2.24) is 10.6 Å². The lowest BCUT2D eigenvalue weighted by atomic mass is 9.90. The highest BCUT2D eigenvalue weighted by molar-refractivity contribution is 5.94. The fraction of sp³-hybridized carbons (Fsp3) is 0.417. The molecule has 0 radical (unpaired) electrons. The number of fused-ring (bicyclic) bond motifs is 1. The van der Waals surface area contributed by atoms with Crippen LogP contribution in [0.5, 0.6) is 11.5 Å². The topological polar surface area (TPSA) is 84.0 Å². The fourth-order valence-corrected chi connectivity index (χ4v) is 3.70. The van der Waals surface area contributed by atoms with Crippen molar-refractivity contribution < 1.29 is 14.3 Å². The second kappa shape index (κ2) is 11.2. The summed E-state index contributed by atoms with van der Waals surface area (Å²) in [6, 6.07) is 14.0. The number of hydrogen-bond acceptors (Lipinski definition) is 4. The van der Waals surface area contributed by atoms with E-state index < -0.39 is 0 Å². The number of benzene rings is 2. The molecule has 1 aliphatic rings. The van der Waals surface area contributed by atoms with Crippen LogP contribution in [0.15, 0.2) is 47.5 Å². The van der Waals surface area contributed by atoms with Crippen LogP contribution in [0.4, 0.5) is 5.69 Å². The van der Waals surface area contributed by atoms with Crippen LogP contribution in [-0.2, 0) is 11.2 Å². The molecule has 0 spiro atoms. The molecule has 31 heavy (non-hydrogen) atoms. The van der Waals surface area contributed by atoms with Crippen molar-refractivity contribution >= 4 is 17.6 Å². The van der Waals surface area contributed by atoms with Crippen LogP contribution in [0.2, 0.25) is 0 Å². The van der Waals surface area contributed by atoms with Gasteiger partial charge in [-0.25, -0.2) is 0 Å². The summed E-state index contributed by atoms with van der Waals surface area (Å²) >= 11 is 0. The molecule has 0 bridgehead atoms. The second-order valence-electron chi connectivity index (χ2n) is 7.31. The van der Waals surface area contributed by atoms with Crippen LogP contribution in [0.25, 0.3) is 0 Å². The number of amides is 1. The van der Waals surface area contributed by atoms with Gasteiger partial charge in [-0.05, 0) is 49.6 Å². The number of guanidine groups is 1. The second-order valence-corrected chi connectivity index (χ2v) is 7.31. The van der Waals surface area contributed by atoms with Gasteiger partial charge < -0.3 is 25.4 Å². The number of carbonyl (C=O) groups is 1. The van der Waals surface area contributed by atoms with Crippen molar-refractivity contribution in [2.24, 2.45) is 4.99 Å². The molecule has 1 heterocycles. The fourth-order valence-electron chi connectivity index (χ4n) is 3.70. The molecule has 0 aromatic heterocycles. The number of rotatable bonds is 9. The summed E-state index contributed by atoms with van der Waals surface area (Å²) < 4.78 is 11.3. The zero-order valence-electron chi connectivity index (χ0n) is 18.5. The Balaban J connectivity index is 1.52. The molecule has 1 amide bonds. The maximum Gasteiger partial charge on any atom is 0.225 e. The minimum atomic E-state index is 0.0500. The highest BCUT2D eigenvalue weighted by Gasteiger charge is 2.24. The summed E-state index contributed by atoms with van der Waals surface area (Å²) in [5.74, 6) is 2.44. The van der Waals surface area contributed by atoms with Crippen LogP contribution in [0.1, 0.15) is 37.3 Å². The highest BCUT2D eigenvalue weighted by atomic mass is 16.5. The van der Waals surface area contributed by atoms with Gasteiger partial charge in [-0.15, -0.1) is 0 Å². The molecule has 3 rings (SSSR count). The lowest BCUT2D eigenvalue weighted by Gasteiger charge is -2.26. The average Bonchev–Trinajstić information content (AvgIpc) is 2.77. The molecule has 0 saturated carbocycles. The maximum absolute atomic E-state index is 12.0. The van der Waals surface area contributed by atoms with Crippen LogP contribution < -0.4 is 25.4 Å². The summed E-state index contributed by atoms with van der Waals surface area (Å²) in [7, 11) is 1.75. The molecule has 0 fully saturated rings. The van der Waals surface area contributed by atoms with E-state index in [1.165, 1.54) is 0 Å². The molecule has 7 heteroatoms. The van der Waals surface area contributed by atoms with Crippen molar-refractivity contribution in [3.05, 3.63) is 53.6 Å². The number of nitrogens with zero attached hydrogens (tertiary/aromatic N) is 1. The van der Waals surface area contributed by atoms with Gasteiger partial charge in [0, 0.05) is 38.2 Å². The number of para-hydroxylation sites is 1. The monoisotopic (exact) mass is 424 g/mol. The Morgan fingerprint density at radius 1 is 1.10 bits per heavy atom. The summed E-state index contributed by atoms with van der Waals surface area (Å²) in [5, 5.41) is 9.65. The average molecular weight is 425 g/mol. The lowest BCUT2D eigenvalue weighted by molar-refractivity contribution is -0.116. The number of anilines is 1. The zero-order chi connectivity index (χ0) is 22.1. The summed E-state index contributed by atoms with van der Waals surface area (Å²) in [6.45, 7) is 6.50. The van der Waals surface area contributed by atoms with Crippen LogP contribution in [0, 0.1) is 0 Å². The van der Waals surface area contributed by atoms with E-state index in [0.29, 0.717) is 26.2 Å². The van der Waals surface area contributed by atoms with Crippen molar-refractivity contribution in [1.29, 1.82) is 0 Å². The molecule has 0 aliphatic carbocycles. The Labute approximate surface area is 184 Å². The Bertz CT molecular complexity index is 913. The van der Waals surface area contributed by atoms with Crippen molar-refractivity contribution in [3.63, 3.8) is 0 Å². The zero-order valence-corrected chi connectivity index (χ0v) is 18.5. The number of nitrogens with one attached hydrogen (secondary N) is 3. The predicted octanol–water partition coefficient (Wildman–Crippen LogP) is 3.32. The van der Waals surface area contributed by atoms with E-state index in [1.54, 1.807) is 7.05 Å². The van der Waals surface area contributed by atoms with Gasteiger partial charge >= 0.3 is 0 Å². The largest absolute Gasteiger partial charge is 0.490 e. The minimum absolute atomic E-state index is 0.0500. The SMILES string of the molecule is CCOc1ccc(CCNC(=NC)NCC2CC(=O)Nc3ccccc32)cc1OCC. The number of carbonyl (C=O) groups excluding carboxylic acids is 1. The molecule has 0 saturated heterocycles. The highest BCUT2D eigenvalue weighted by Crippen LogP contribution is 2.31. The van der Waals surface area contributed by atoms with E-state index in [4.69, 9.17) is 9.47 Å². The molecule has 2 aromatic carbocycles. The first-order chi connectivity index (χ1) is 15.1. The first kappa shape index (κ1) is 22.5. The van der Waals surface area contributed by atoms with E-state index in [1.807, 2.05) is 44.2 Å². The van der Waals surface area contributed by atoms with E-state index in [0.717, 1.165) is 47.2 Å². The third-order valence-corrected chi connectivity index (χ3v) is 5.16. The molecule has 166 valence electrons. The maximum atomic E-state index is 12.0. The van der Waals surface area contributed by atoms with Crippen molar-refractivity contribution in [2.45, 2.75) is 32.6 Å². The molecule has 3 N–H and O–H groups in total. The van der Waals surface area contributed by atoms with E-state index in [-0.39, 0.29) is 11.8 Å². The van der Waals surface area contributed by atoms with Gasteiger partial charge in [-0.1, -0.05) is 24.3 Å². The molecule has 1 aliphatic heterocycles. The summed E-state index contributed by atoms with van der Waals surface area (Å²) in [4.78, 5) is 16.3. The number of ether oxygens (including phenoxy) is 2. The van der Waals surface area contributed by atoms with Gasteiger partial charge in [0.15, 0.2) is 17.5 Å². The van der Waals surface area contributed by atoms with Gasteiger partial charge in [-0.3, -0.25) is 9.79 Å². The first-order valence-corrected chi connectivity index (χ1v) is 10.9.